The minimum absolute atomic E-state index is 0.0603. The Balaban J connectivity index is 2.01. The summed E-state index contributed by atoms with van der Waals surface area (Å²) in [6.07, 6.45) is 5.21. The summed E-state index contributed by atoms with van der Waals surface area (Å²) in [4.78, 5) is 14.8. The molecule has 6 nitrogen and oxygen atoms in total. The minimum atomic E-state index is -0.780. The zero-order valence-corrected chi connectivity index (χ0v) is 11.6. The van der Waals surface area contributed by atoms with Crippen LogP contribution in [0.2, 0.25) is 0 Å². The van der Waals surface area contributed by atoms with Gasteiger partial charge in [-0.3, -0.25) is 4.79 Å². The molecule has 2 aliphatic rings. The van der Waals surface area contributed by atoms with E-state index in [1.807, 2.05) is 0 Å². The van der Waals surface area contributed by atoms with E-state index < -0.39 is 5.41 Å². The second-order valence-corrected chi connectivity index (χ2v) is 5.83. The summed E-state index contributed by atoms with van der Waals surface area (Å²) in [5.41, 5.74) is 4.99. The van der Waals surface area contributed by atoms with Crippen LogP contribution >= 0.6 is 0 Å². The maximum absolute atomic E-state index is 12.5. The molecular formula is C13H24N4O2. The molecule has 1 saturated heterocycles. The van der Waals surface area contributed by atoms with Gasteiger partial charge in [-0.25, -0.2) is 0 Å². The second kappa shape index (κ2) is 5.77. The highest BCUT2D eigenvalue weighted by atomic mass is 16.4. The van der Waals surface area contributed by atoms with Crippen molar-refractivity contribution in [2.75, 3.05) is 20.1 Å². The summed E-state index contributed by atoms with van der Waals surface area (Å²) in [5.74, 6) is 0.00489. The van der Waals surface area contributed by atoms with Gasteiger partial charge < -0.3 is 21.2 Å². The number of amidine groups is 1. The molecule has 1 amide bonds. The van der Waals surface area contributed by atoms with E-state index in [1.54, 1.807) is 0 Å². The second-order valence-electron chi connectivity index (χ2n) is 5.83. The molecule has 2 rings (SSSR count). The van der Waals surface area contributed by atoms with Crippen molar-refractivity contribution in [3.8, 4) is 0 Å². The first kappa shape index (κ1) is 14.1. The van der Waals surface area contributed by atoms with E-state index in [0.717, 1.165) is 38.8 Å². The van der Waals surface area contributed by atoms with Crippen molar-refractivity contribution in [2.24, 2.45) is 16.3 Å². The van der Waals surface area contributed by atoms with Crippen LogP contribution < -0.4 is 11.1 Å². The molecule has 4 N–H and O–H groups in total. The highest BCUT2D eigenvalue weighted by Gasteiger charge is 2.46. The van der Waals surface area contributed by atoms with Gasteiger partial charge in [0.1, 0.15) is 5.41 Å². The summed E-state index contributed by atoms with van der Waals surface area (Å²) in [6, 6.07) is 0.215. The number of hydrogen-bond acceptors (Lipinski definition) is 4. The van der Waals surface area contributed by atoms with Gasteiger partial charge in [-0.1, -0.05) is 18.0 Å². The summed E-state index contributed by atoms with van der Waals surface area (Å²) in [6.45, 7) is 2.00. The van der Waals surface area contributed by atoms with Crippen molar-refractivity contribution in [1.82, 2.24) is 10.2 Å². The first-order valence-electron chi connectivity index (χ1n) is 7.06. The predicted octanol–water partition coefficient (Wildman–Crippen LogP) is 0.504. The Morgan fingerprint density at radius 1 is 1.37 bits per heavy atom. The van der Waals surface area contributed by atoms with Crippen molar-refractivity contribution in [2.45, 2.75) is 44.6 Å². The lowest BCUT2D eigenvalue weighted by atomic mass is 9.83. The van der Waals surface area contributed by atoms with E-state index in [-0.39, 0.29) is 17.8 Å². The highest BCUT2D eigenvalue weighted by molar-refractivity contribution is 6.07. The average molecular weight is 268 g/mol. The normalized spacial score (nSPS) is 25.4. The molecule has 6 heteroatoms. The van der Waals surface area contributed by atoms with Crippen LogP contribution in [0.15, 0.2) is 5.16 Å². The number of oxime groups is 1. The van der Waals surface area contributed by atoms with E-state index in [4.69, 9.17) is 10.9 Å². The van der Waals surface area contributed by atoms with Gasteiger partial charge in [-0.2, -0.15) is 0 Å². The van der Waals surface area contributed by atoms with Gasteiger partial charge in [-0.05, 0) is 45.8 Å². The molecule has 0 unspecified atom stereocenters. The smallest absolute Gasteiger partial charge is 0.234 e. The number of carbonyl (C=O) groups is 1. The number of likely N-dealkylation sites (tertiary alicyclic amines) is 1. The van der Waals surface area contributed by atoms with Crippen molar-refractivity contribution in [3.63, 3.8) is 0 Å². The predicted molar refractivity (Wildman–Crippen MR) is 73.0 cm³/mol. The molecule has 0 aromatic carbocycles. The Morgan fingerprint density at radius 3 is 2.47 bits per heavy atom. The fourth-order valence-corrected chi connectivity index (χ4v) is 3.15. The highest BCUT2D eigenvalue weighted by Crippen LogP contribution is 2.38. The number of nitrogens with zero attached hydrogens (tertiary/aromatic N) is 2. The zero-order valence-electron chi connectivity index (χ0n) is 11.6. The maximum atomic E-state index is 12.5. The van der Waals surface area contributed by atoms with Crippen LogP contribution in [0.3, 0.4) is 0 Å². The van der Waals surface area contributed by atoms with Gasteiger partial charge in [0.2, 0.25) is 5.91 Å². The third kappa shape index (κ3) is 2.83. The minimum Gasteiger partial charge on any atom is -0.409 e. The average Bonchev–Trinajstić information content (AvgIpc) is 2.91. The quantitative estimate of drug-likeness (QED) is 0.301. The molecule has 1 heterocycles. The molecule has 1 aliphatic heterocycles. The van der Waals surface area contributed by atoms with Crippen molar-refractivity contribution >= 4 is 11.7 Å². The summed E-state index contributed by atoms with van der Waals surface area (Å²) >= 11 is 0. The van der Waals surface area contributed by atoms with Crippen molar-refractivity contribution < 1.29 is 10.0 Å². The number of hydrogen-bond donors (Lipinski definition) is 3. The molecular weight excluding hydrogens is 244 g/mol. The Bertz CT molecular complexity index is 356. The van der Waals surface area contributed by atoms with Gasteiger partial charge in [0.25, 0.3) is 0 Å². The molecule has 1 saturated carbocycles. The number of rotatable bonds is 3. The maximum Gasteiger partial charge on any atom is 0.234 e. The van der Waals surface area contributed by atoms with Crippen LogP contribution in [0.1, 0.15) is 38.5 Å². The Kier molecular flexibility index (Phi) is 4.29. The topological polar surface area (TPSA) is 91.0 Å². The van der Waals surface area contributed by atoms with Crippen LogP contribution in [0.4, 0.5) is 0 Å². The van der Waals surface area contributed by atoms with Crippen LogP contribution in [-0.2, 0) is 4.79 Å². The van der Waals surface area contributed by atoms with E-state index in [2.05, 4.69) is 22.4 Å². The first-order valence-corrected chi connectivity index (χ1v) is 7.06. The molecule has 0 aromatic rings. The van der Waals surface area contributed by atoms with Crippen LogP contribution in [0.5, 0.6) is 0 Å². The summed E-state index contributed by atoms with van der Waals surface area (Å²) in [5, 5.41) is 15.1. The Labute approximate surface area is 114 Å². The standard InChI is InChI=1S/C13H24N4O2/c1-17-8-4-10(5-9-17)15-12(18)13(11(14)16-19)6-2-3-7-13/h10,19H,2-9H2,1H3,(H2,14,16)(H,15,18). The van der Waals surface area contributed by atoms with E-state index >= 15 is 0 Å². The summed E-state index contributed by atoms with van der Waals surface area (Å²) < 4.78 is 0. The van der Waals surface area contributed by atoms with E-state index in [0.29, 0.717) is 12.8 Å². The van der Waals surface area contributed by atoms with E-state index in [1.165, 1.54) is 0 Å². The zero-order chi connectivity index (χ0) is 13.9. The molecule has 1 aliphatic carbocycles. The Morgan fingerprint density at radius 2 is 1.95 bits per heavy atom. The number of nitrogens with one attached hydrogen (secondary N) is 1. The lowest BCUT2D eigenvalue weighted by molar-refractivity contribution is -0.128. The molecule has 19 heavy (non-hydrogen) atoms. The summed E-state index contributed by atoms with van der Waals surface area (Å²) in [7, 11) is 2.09. The van der Waals surface area contributed by atoms with Crippen LogP contribution in [-0.4, -0.2) is 48.0 Å². The molecule has 0 atom stereocenters. The lowest BCUT2D eigenvalue weighted by Crippen LogP contribution is -2.53. The van der Waals surface area contributed by atoms with Crippen molar-refractivity contribution in [3.05, 3.63) is 0 Å². The fraction of sp³-hybridized carbons (Fsp3) is 0.846. The molecule has 0 aromatic heterocycles. The first-order chi connectivity index (χ1) is 9.08. The third-order valence-electron chi connectivity index (χ3n) is 4.54. The van der Waals surface area contributed by atoms with Gasteiger partial charge in [0.15, 0.2) is 5.84 Å². The van der Waals surface area contributed by atoms with Gasteiger partial charge >= 0.3 is 0 Å². The Hall–Kier alpha value is -1.30. The molecule has 0 radical (unpaired) electrons. The largest absolute Gasteiger partial charge is 0.409 e. The number of carbonyl (C=O) groups excluding carboxylic acids is 1. The molecule has 0 spiro atoms. The molecule has 2 fully saturated rings. The van der Waals surface area contributed by atoms with Crippen LogP contribution in [0.25, 0.3) is 0 Å². The third-order valence-corrected chi connectivity index (χ3v) is 4.54. The van der Waals surface area contributed by atoms with Gasteiger partial charge in [-0.15, -0.1) is 0 Å². The number of nitrogens with two attached hydrogens (primary N) is 1. The number of amides is 1. The molecule has 0 bridgehead atoms. The monoisotopic (exact) mass is 268 g/mol. The molecule has 108 valence electrons. The fourth-order valence-electron chi connectivity index (χ4n) is 3.15. The SMILES string of the molecule is CN1CCC(NC(=O)C2(C(N)=NO)CCCC2)CC1. The van der Waals surface area contributed by atoms with Crippen LogP contribution in [0, 0.1) is 5.41 Å². The number of piperidine rings is 1. The van der Waals surface area contributed by atoms with Crippen molar-refractivity contribution in [1.29, 1.82) is 0 Å². The van der Waals surface area contributed by atoms with E-state index in [9.17, 15) is 4.79 Å². The van der Waals surface area contributed by atoms with Gasteiger partial charge in [0.05, 0.1) is 0 Å². The van der Waals surface area contributed by atoms with Gasteiger partial charge in [0, 0.05) is 6.04 Å². The lowest BCUT2D eigenvalue weighted by Gasteiger charge is -2.33.